The third kappa shape index (κ3) is 4.71. The number of nitrogens with zero attached hydrogens (tertiary/aromatic N) is 3. The second-order valence-corrected chi connectivity index (χ2v) is 9.11. The molecule has 6 nitrogen and oxygen atoms in total. The van der Waals surface area contributed by atoms with Gasteiger partial charge >= 0.3 is 0 Å². The number of rotatable bonds is 8. The molecule has 1 saturated heterocycles. The van der Waals surface area contributed by atoms with Gasteiger partial charge in [0.25, 0.3) is 0 Å². The number of anilines is 1. The number of fused-ring (bicyclic) bond motifs is 1. The van der Waals surface area contributed by atoms with Gasteiger partial charge in [0, 0.05) is 24.6 Å². The predicted octanol–water partition coefficient (Wildman–Crippen LogP) is 5.99. The summed E-state index contributed by atoms with van der Waals surface area (Å²) < 4.78 is 13.9. The third-order valence-corrected chi connectivity index (χ3v) is 6.61. The van der Waals surface area contributed by atoms with E-state index in [4.69, 9.17) is 14.5 Å². The largest absolute Gasteiger partial charge is 0.493 e. The number of aryl methyl sites for hydroxylation is 1. The lowest BCUT2D eigenvalue weighted by molar-refractivity contribution is -0.117. The SMILES string of the molecule is CC=Cc1ccc(OCCn2c(C3CC(=O)N(c4cccc(C)c4)C3)nc3ccccc32)c(OC)c1. The van der Waals surface area contributed by atoms with Gasteiger partial charge in [0.05, 0.1) is 24.7 Å². The fraction of sp³-hybridized carbons (Fsp3) is 0.267. The zero-order valence-electron chi connectivity index (χ0n) is 21.0. The van der Waals surface area contributed by atoms with Crippen molar-refractivity contribution in [3.63, 3.8) is 0 Å². The number of carbonyl (C=O) groups is 1. The molecule has 36 heavy (non-hydrogen) atoms. The molecule has 1 atom stereocenters. The zero-order valence-corrected chi connectivity index (χ0v) is 21.0. The van der Waals surface area contributed by atoms with Crippen LogP contribution in [-0.4, -0.2) is 35.7 Å². The van der Waals surface area contributed by atoms with Crippen LogP contribution in [0.5, 0.6) is 11.5 Å². The van der Waals surface area contributed by atoms with Gasteiger partial charge in [0.15, 0.2) is 11.5 Å². The van der Waals surface area contributed by atoms with Gasteiger partial charge in [-0.15, -0.1) is 0 Å². The average molecular weight is 482 g/mol. The van der Waals surface area contributed by atoms with E-state index in [9.17, 15) is 4.79 Å². The van der Waals surface area contributed by atoms with Gasteiger partial charge in [0.1, 0.15) is 12.4 Å². The van der Waals surface area contributed by atoms with Gasteiger partial charge in [0.2, 0.25) is 5.91 Å². The van der Waals surface area contributed by atoms with E-state index in [0.717, 1.165) is 33.7 Å². The number of methoxy groups -OCH3 is 1. The van der Waals surface area contributed by atoms with Crippen LogP contribution in [0.15, 0.2) is 72.8 Å². The molecule has 0 saturated carbocycles. The van der Waals surface area contributed by atoms with Crippen LogP contribution < -0.4 is 14.4 Å². The second-order valence-electron chi connectivity index (χ2n) is 9.11. The summed E-state index contributed by atoms with van der Waals surface area (Å²) in [5.74, 6) is 2.49. The van der Waals surface area contributed by atoms with Crippen LogP contribution in [0.4, 0.5) is 5.69 Å². The van der Waals surface area contributed by atoms with E-state index in [1.54, 1.807) is 7.11 Å². The average Bonchev–Trinajstić information content (AvgIpc) is 3.45. The van der Waals surface area contributed by atoms with Gasteiger partial charge in [-0.05, 0) is 61.4 Å². The molecule has 2 heterocycles. The van der Waals surface area contributed by atoms with E-state index in [-0.39, 0.29) is 11.8 Å². The van der Waals surface area contributed by atoms with E-state index in [0.29, 0.717) is 37.6 Å². The van der Waals surface area contributed by atoms with Gasteiger partial charge < -0.3 is 18.9 Å². The molecule has 1 aromatic heterocycles. The molecule has 0 spiro atoms. The molecule has 1 aliphatic rings. The maximum Gasteiger partial charge on any atom is 0.227 e. The number of benzene rings is 3. The minimum absolute atomic E-state index is 0.0139. The molecule has 1 fully saturated rings. The number of allylic oxidation sites excluding steroid dienone is 1. The first-order chi connectivity index (χ1) is 17.6. The topological polar surface area (TPSA) is 56.6 Å². The van der Waals surface area contributed by atoms with Gasteiger partial charge in [-0.25, -0.2) is 4.98 Å². The van der Waals surface area contributed by atoms with Crippen molar-refractivity contribution in [2.75, 3.05) is 25.2 Å². The third-order valence-electron chi connectivity index (χ3n) is 6.61. The van der Waals surface area contributed by atoms with Crippen LogP contribution >= 0.6 is 0 Å². The monoisotopic (exact) mass is 481 g/mol. The number of amides is 1. The maximum atomic E-state index is 13.0. The molecule has 0 aliphatic carbocycles. The minimum Gasteiger partial charge on any atom is -0.493 e. The van der Waals surface area contributed by atoms with Crippen molar-refractivity contribution in [3.05, 3.63) is 89.8 Å². The molecule has 1 amide bonds. The summed E-state index contributed by atoms with van der Waals surface area (Å²) in [5.41, 5.74) is 5.13. The number of hydrogen-bond donors (Lipinski definition) is 0. The number of imidazole rings is 1. The van der Waals surface area contributed by atoms with Crippen molar-refractivity contribution in [2.45, 2.75) is 32.7 Å². The van der Waals surface area contributed by atoms with Crippen LogP contribution in [-0.2, 0) is 11.3 Å². The zero-order chi connectivity index (χ0) is 25.1. The fourth-order valence-electron chi connectivity index (χ4n) is 4.91. The minimum atomic E-state index is 0.0139. The summed E-state index contributed by atoms with van der Waals surface area (Å²) in [6.07, 6.45) is 4.46. The number of para-hydroxylation sites is 2. The summed E-state index contributed by atoms with van der Waals surface area (Å²) in [7, 11) is 1.65. The smallest absolute Gasteiger partial charge is 0.227 e. The molecule has 1 unspecified atom stereocenters. The first-order valence-corrected chi connectivity index (χ1v) is 12.3. The van der Waals surface area contributed by atoms with Crippen LogP contribution in [0.2, 0.25) is 0 Å². The summed E-state index contributed by atoms with van der Waals surface area (Å²) in [4.78, 5) is 19.8. The highest BCUT2D eigenvalue weighted by Gasteiger charge is 2.34. The standard InChI is InChI=1S/C30H31N3O3/c1-4-8-22-13-14-27(28(18-22)35-3)36-16-15-32-26-12-6-5-11-25(26)31-30(32)23-19-29(34)33(20-23)24-10-7-9-21(2)17-24/h4-14,17-18,23H,15-16,19-20H2,1-3H3. The molecule has 5 rings (SSSR count). The lowest BCUT2D eigenvalue weighted by Crippen LogP contribution is -2.24. The first kappa shape index (κ1) is 23.7. The lowest BCUT2D eigenvalue weighted by atomic mass is 10.1. The van der Waals surface area contributed by atoms with Crippen molar-refractivity contribution >= 4 is 28.7 Å². The molecular formula is C30H31N3O3. The Morgan fingerprint density at radius 2 is 1.92 bits per heavy atom. The highest BCUT2D eigenvalue weighted by atomic mass is 16.5. The predicted molar refractivity (Wildman–Crippen MR) is 144 cm³/mol. The molecule has 3 aromatic carbocycles. The molecule has 0 N–H and O–H groups in total. The Hall–Kier alpha value is -4.06. The van der Waals surface area contributed by atoms with E-state index >= 15 is 0 Å². The second kappa shape index (κ2) is 10.3. The number of hydrogen-bond acceptors (Lipinski definition) is 4. The van der Waals surface area contributed by atoms with E-state index in [1.807, 2.05) is 85.5 Å². The summed E-state index contributed by atoms with van der Waals surface area (Å²) >= 11 is 0. The maximum absolute atomic E-state index is 13.0. The van der Waals surface area contributed by atoms with Crippen molar-refractivity contribution in [3.8, 4) is 11.5 Å². The van der Waals surface area contributed by atoms with Gasteiger partial charge in [-0.3, -0.25) is 4.79 Å². The highest BCUT2D eigenvalue weighted by molar-refractivity contribution is 5.96. The van der Waals surface area contributed by atoms with E-state index in [1.165, 1.54) is 0 Å². The molecular weight excluding hydrogens is 450 g/mol. The fourth-order valence-corrected chi connectivity index (χ4v) is 4.91. The molecule has 1 aliphatic heterocycles. The first-order valence-electron chi connectivity index (χ1n) is 12.3. The van der Waals surface area contributed by atoms with Crippen LogP contribution in [0.3, 0.4) is 0 Å². The molecule has 184 valence electrons. The summed E-state index contributed by atoms with van der Waals surface area (Å²) in [6, 6.07) is 22.1. The number of carbonyl (C=O) groups excluding carboxylic acids is 1. The Bertz CT molecular complexity index is 1420. The van der Waals surface area contributed by atoms with Crippen molar-refractivity contribution in [1.82, 2.24) is 9.55 Å². The van der Waals surface area contributed by atoms with Crippen LogP contribution in [0.25, 0.3) is 17.1 Å². The quantitative estimate of drug-likeness (QED) is 0.310. The molecule has 4 aromatic rings. The summed E-state index contributed by atoms with van der Waals surface area (Å²) in [6.45, 7) is 5.72. The van der Waals surface area contributed by atoms with E-state index in [2.05, 4.69) is 16.7 Å². The van der Waals surface area contributed by atoms with Gasteiger partial charge in [-0.1, -0.05) is 42.5 Å². The Kier molecular flexibility index (Phi) is 6.76. The lowest BCUT2D eigenvalue weighted by Gasteiger charge is -2.18. The number of ether oxygens (including phenoxy) is 2. The summed E-state index contributed by atoms with van der Waals surface area (Å²) in [5, 5.41) is 0. The molecule has 6 heteroatoms. The normalized spacial score (nSPS) is 15.8. The molecule has 0 radical (unpaired) electrons. The van der Waals surface area contributed by atoms with Crippen LogP contribution in [0, 0.1) is 6.92 Å². The Morgan fingerprint density at radius 3 is 2.72 bits per heavy atom. The van der Waals surface area contributed by atoms with E-state index < -0.39 is 0 Å². The van der Waals surface area contributed by atoms with Crippen LogP contribution in [0.1, 0.15) is 36.2 Å². The molecule has 0 bridgehead atoms. The van der Waals surface area contributed by atoms with Crippen molar-refractivity contribution in [1.29, 1.82) is 0 Å². The highest BCUT2D eigenvalue weighted by Crippen LogP contribution is 2.34. The Morgan fingerprint density at radius 1 is 1.06 bits per heavy atom. The Labute approximate surface area is 211 Å². The van der Waals surface area contributed by atoms with Gasteiger partial charge in [-0.2, -0.15) is 0 Å². The van der Waals surface area contributed by atoms with Crippen molar-refractivity contribution in [2.24, 2.45) is 0 Å². The Balaban J connectivity index is 1.38. The number of aromatic nitrogens is 2. The van der Waals surface area contributed by atoms with Crippen molar-refractivity contribution < 1.29 is 14.3 Å².